The van der Waals surface area contributed by atoms with Crippen molar-refractivity contribution < 1.29 is 14.3 Å². The number of carbonyl (C=O) groups is 1. The summed E-state index contributed by atoms with van der Waals surface area (Å²) in [6.07, 6.45) is 2.14. The van der Waals surface area contributed by atoms with Crippen LogP contribution in [0.5, 0.6) is 11.5 Å². The second kappa shape index (κ2) is 8.18. The van der Waals surface area contributed by atoms with E-state index in [9.17, 15) is 4.79 Å². The summed E-state index contributed by atoms with van der Waals surface area (Å²) in [7, 11) is 0. The number of hydrogen-bond donors (Lipinski definition) is 0. The molecule has 0 saturated carbocycles. The first-order chi connectivity index (χ1) is 10.6. The van der Waals surface area contributed by atoms with Crippen LogP contribution in [0.4, 0.5) is 0 Å². The van der Waals surface area contributed by atoms with Crippen molar-refractivity contribution in [2.24, 2.45) is 11.8 Å². The Kier molecular flexibility index (Phi) is 6.25. The Hall–Kier alpha value is -1.55. The van der Waals surface area contributed by atoms with Gasteiger partial charge in [0.2, 0.25) is 0 Å². The Labute approximate surface area is 133 Å². The molecule has 4 heteroatoms. The van der Waals surface area contributed by atoms with Gasteiger partial charge in [-0.05, 0) is 43.4 Å². The van der Waals surface area contributed by atoms with Crippen molar-refractivity contribution in [3.63, 3.8) is 0 Å². The van der Waals surface area contributed by atoms with E-state index in [1.54, 1.807) is 12.1 Å². The molecule has 1 saturated heterocycles. The first-order valence-electron chi connectivity index (χ1n) is 8.19. The van der Waals surface area contributed by atoms with Gasteiger partial charge in [-0.2, -0.15) is 0 Å². The lowest BCUT2D eigenvalue weighted by Crippen LogP contribution is -2.40. The van der Waals surface area contributed by atoms with E-state index >= 15 is 0 Å². The molecule has 0 aromatic heterocycles. The summed E-state index contributed by atoms with van der Waals surface area (Å²) in [6.45, 7) is 11.0. The maximum atomic E-state index is 10.9. The molecule has 1 fully saturated rings. The third kappa shape index (κ3) is 4.73. The van der Waals surface area contributed by atoms with E-state index in [4.69, 9.17) is 9.47 Å². The van der Waals surface area contributed by atoms with Gasteiger partial charge in [-0.1, -0.05) is 13.8 Å². The molecule has 122 valence electrons. The number of hydrogen-bond acceptors (Lipinski definition) is 4. The van der Waals surface area contributed by atoms with Crippen molar-refractivity contribution >= 4 is 6.29 Å². The zero-order valence-corrected chi connectivity index (χ0v) is 13.9. The molecule has 2 atom stereocenters. The maximum absolute atomic E-state index is 10.9. The molecular weight excluding hydrogens is 278 g/mol. The van der Waals surface area contributed by atoms with E-state index in [1.165, 1.54) is 6.42 Å². The molecule has 0 radical (unpaired) electrons. The van der Waals surface area contributed by atoms with Gasteiger partial charge in [0.15, 0.2) is 11.5 Å². The predicted octanol–water partition coefficient (Wildman–Crippen LogP) is 3.25. The molecule has 0 spiro atoms. The number of likely N-dealkylation sites (tertiary alicyclic amines) is 1. The average Bonchev–Trinajstić information content (AvgIpc) is 2.48. The summed E-state index contributed by atoms with van der Waals surface area (Å²) in [6, 6.07) is 5.31. The van der Waals surface area contributed by atoms with Gasteiger partial charge in [-0.3, -0.25) is 9.69 Å². The summed E-state index contributed by atoms with van der Waals surface area (Å²) in [5.41, 5.74) is 0.606. The fourth-order valence-electron chi connectivity index (χ4n) is 3.24. The molecule has 1 aliphatic heterocycles. The third-order valence-corrected chi connectivity index (χ3v) is 4.01. The smallest absolute Gasteiger partial charge is 0.161 e. The van der Waals surface area contributed by atoms with Gasteiger partial charge >= 0.3 is 0 Å². The van der Waals surface area contributed by atoms with Crippen LogP contribution in [0.3, 0.4) is 0 Å². The van der Waals surface area contributed by atoms with Crippen LogP contribution in [0.25, 0.3) is 0 Å². The summed E-state index contributed by atoms with van der Waals surface area (Å²) in [5.74, 6) is 2.88. The molecule has 22 heavy (non-hydrogen) atoms. The van der Waals surface area contributed by atoms with Crippen LogP contribution in [0.15, 0.2) is 18.2 Å². The normalized spacial score (nSPS) is 22.3. The summed E-state index contributed by atoms with van der Waals surface area (Å²) in [5, 5.41) is 0. The summed E-state index contributed by atoms with van der Waals surface area (Å²) >= 11 is 0. The van der Waals surface area contributed by atoms with Crippen molar-refractivity contribution in [2.75, 3.05) is 32.8 Å². The fourth-order valence-corrected chi connectivity index (χ4v) is 3.24. The molecule has 0 bridgehead atoms. The van der Waals surface area contributed by atoms with Crippen LogP contribution < -0.4 is 9.47 Å². The lowest BCUT2D eigenvalue weighted by Gasteiger charge is -2.34. The monoisotopic (exact) mass is 305 g/mol. The molecule has 0 unspecified atom stereocenters. The molecule has 1 aliphatic rings. The van der Waals surface area contributed by atoms with Crippen molar-refractivity contribution in [3.8, 4) is 11.5 Å². The molecule has 1 aromatic carbocycles. The standard InChI is InChI=1S/C18H27NO3/c1-4-21-18-10-16(13-20)5-6-17(18)22-8-7-19-11-14(2)9-15(3)12-19/h5-6,10,13-15H,4,7-9,11-12H2,1-3H3/t14-,15-/m1/s1. The van der Waals surface area contributed by atoms with Gasteiger partial charge in [0.05, 0.1) is 6.61 Å². The number of nitrogens with zero attached hydrogens (tertiary/aromatic N) is 1. The van der Waals surface area contributed by atoms with Crippen molar-refractivity contribution in [1.82, 2.24) is 4.90 Å². The highest BCUT2D eigenvalue weighted by atomic mass is 16.5. The minimum absolute atomic E-state index is 0.555. The first kappa shape index (κ1) is 16.8. The Bertz CT molecular complexity index is 479. The lowest BCUT2D eigenvalue weighted by molar-refractivity contribution is 0.112. The van der Waals surface area contributed by atoms with Gasteiger partial charge in [-0.15, -0.1) is 0 Å². The Balaban J connectivity index is 1.89. The second-order valence-corrected chi connectivity index (χ2v) is 6.31. The van der Waals surface area contributed by atoms with Crippen molar-refractivity contribution in [1.29, 1.82) is 0 Å². The van der Waals surface area contributed by atoms with Crippen LogP contribution >= 0.6 is 0 Å². The van der Waals surface area contributed by atoms with Gasteiger partial charge in [0.25, 0.3) is 0 Å². The predicted molar refractivity (Wildman–Crippen MR) is 87.9 cm³/mol. The van der Waals surface area contributed by atoms with E-state index < -0.39 is 0 Å². The number of benzene rings is 1. The van der Waals surface area contributed by atoms with Gasteiger partial charge < -0.3 is 9.47 Å². The van der Waals surface area contributed by atoms with Crippen molar-refractivity contribution in [3.05, 3.63) is 23.8 Å². The summed E-state index contributed by atoms with van der Waals surface area (Å²) < 4.78 is 11.4. The number of aldehydes is 1. The summed E-state index contributed by atoms with van der Waals surface area (Å²) in [4.78, 5) is 13.3. The third-order valence-electron chi connectivity index (χ3n) is 4.01. The molecule has 4 nitrogen and oxygen atoms in total. The molecular formula is C18H27NO3. The molecule has 0 N–H and O–H groups in total. The lowest BCUT2D eigenvalue weighted by atomic mass is 9.92. The highest BCUT2D eigenvalue weighted by molar-refractivity contribution is 5.76. The van der Waals surface area contributed by atoms with E-state index in [0.29, 0.717) is 30.3 Å². The van der Waals surface area contributed by atoms with Crippen LogP contribution in [-0.4, -0.2) is 44.0 Å². The zero-order valence-electron chi connectivity index (χ0n) is 13.9. The Morgan fingerprint density at radius 1 is 1.18 bits per heavy atom. The Morgan fingerprint density at radius 2 is 1.91 bits per heavy atom. The van der Waals surface area contributed by atoms with E-state index in [1.807, 2.05) is 13.0 Å². The second-order valence-electron chi connectivity index (χ2n) is 6.31. The minimum Gasteiger partial charge on any atom is -0.490 e. The van der Waals surface area contributed by atoms with Crippen LogP contribution in [0, 0.1) is 11.8 Å². The van der Waals surface area contributed by atoms with Crippen molar-refractivity contribution in [2.45, 2.75) is 27.2 Å². The largest absolute Gasteiger partial charge is 0.490 e. The van der Waals surface area contributed by atoms with Crippen LogP contribution in [0.2, 0.25) is 0 Å². The SMILES string of the molecule is CCOc1cc(C=O)ccc1OCCN1C[C@H](C)C[C@@H](C)C1. The number of carbonyl (C=O) groups excluding carboxylic acids is 1. The average molecular weight is 305 g/mol. The fraction of sp³-hybridized carbons (Fsp3) is 0.611. The number of ether oxygens (including phenoxy) is 2. The van der Waals surface area contributed by atoms with Gasteiger partial charge in [0.1, 0.15) is 12.9 Å². The van der Waals surface area contributed by atoms with Crippen LogP contribution in [-0.2, 0) is 0 Å². The highest BCUT2D eigenvalue weighted by Gasteiger charge is 2.21. The zero-order chi connectivity index (χ0) is 15.9. The first-order valence-corrected chi connectivity index (χ1v) is 8.19. The topological polar surface area (TPSA) is 38.8 Å². The maximum Gasteiger partial charge on any atom is 0.161 e. The van der Waals surface area contributed by atoms with E-state index in [2.05, 4.69) is 18.7 Å². The van der Waals surface area contributed by atoms with Crippen LogP contribution in [0.1, 0.15) is 37.6 Å². The van der Waals surface area contributed by atoms with E-state index in [0.717, 1.165) is 37.8 Å². The number of piperidine rings is 1. The van der Waals surface area contributed by atoms with Gasteiger partial charge in [0, 0.05) is 25.2 Å². The molecule has 1 aromatic rings. The van der Waals surface area contributed by atoms with Gasteiger partial charge in [-0.25, -0.2) is 0 Å². The highest BCUT2D eigenvalue weighted by Crippen LogP contribution is 2.28. The molecule has 0 amide bonds. The molecule has 1 heterocycles. The Morgan fingerprint density at radius 3 is 2.55 bits per heavy atom. The molecule has 2 rings (SSSR count). The quantitative estimate of drug-likeness (QED) is 0.725. The minimum atomic E-state index is 0.555. The number of rotatable bonds is 7. The molecule has 0 aliphatic carbocycles. The van der Waals surface area contributed by atoms with E-state index in [-0.39, 0.29) is 0 Å².